The van der Waals surface area contributed by atoms with Crippen LogP contribution in [0, 0.1) is 0 Å². The van der Waals surface area contributed by atoms with E-state index in [-0.39, 0.29) is 0 Å². The average Bonchev–Trinajstić information content (AvgIpc) is 2.57. The van der Waals surface area contributed by atoms with Gasteiger partial charge in [0.25, 0.3) is 11.5 Å². The predicted octanol–water partition coefficient (Wildman–Crippen LogP) is 2.80. The molecule has 124 valence electrons. The fourth-order valence-corrected chi connectivity index (χ4v) is 2.75. The molecular weight excluding hydrogens is 296 g/mol. The summed E-state index contributed by atoms with van der Waals surface area (Å²) < 4.78 is 1.49. The minimum Gasteiger partial charge on any atom is -0.506 e. The number of unbranched alkanes of at least 4 members (excludes halogenated alkanes) is 4. The molecule has 0 saturated carbocycles. The number of fused-ring (bicyclic) bond motifs is 1. The first-order valence-corrected chi connectivity index (χ1v) is 7.90. The van der Waals surface area contributed by atoms with E-state index in [4.69, 9.17) is 5.21 Å². The Kier molecular flexibility index (Phi) is 5.76. The highest BCUT2D eigenvalue weighted by Gasteiger charge is 2.21. The Morgan fingerprint density at radius 1 is 1.17 bits per heavy atom. The number of carbonyl (C=O) groups is 1. The largest absolute Gasteiger partial charge is 0.506 e. The summed E-state index contributed by atoms with van der Waals surface area (Å²) in [5.74, 6) is -1.41. The van der Waals surface area contributed by atoms with Crippen LogP contribution in [0.15, 0.2) is 29.1 Å². The van der Waals surface area contributed by atoms with Crippen molar-refractivity contribution in [2.24, 2.45) is 0 Å². The predicted molar refractivity (Wildman–Crippen MR) is 87.9 cm³/mol. The Bertz CT molecular complexity index is 752. The van der Waals surface area contributed by atoms with Gasteiger partial charge in [-0.25, -0.2) is 5.48 Å². The molecule has 1 aromatic carbocycles. The molecule has 6 heteroatoms. The van der Waals surface area contributed by atoms with E-state index >= 15 is 0 Å². The van der Waals surface area contributed by atoms with Crippen LogP contribution < -0.4 is 11.0 Å². The van der Waals surface area contributed by atoms with Crippen molar-refractivity contribution in [2.75, 3.05) is 0 Å². The van der Waals surface area contributed by atoms with E-state index < -0.39 is 22.8 Å². The van der Waals surface area contributed by atoms with Gasteiger partial charge in [0.2, 0.25) is 0 Å². The molecule has 2 aromatic rings. The molecule has 0 radical (unpaired) electrons. The van der Waals surface area contributed by atoms with Crippen LogP contribution in [0.4, 0.5) is 0 Å². The van der Waals surface area contributed by atoms with Crippen molar-refractivity contribution in [1.82, 2.24) is 10.0 Å². The molecule has 23 heavy (non-hydrogen) atoms. The number of benzene rings is 1. The first kappa shape index (κ1) is 17.0. The van der Waals surface area contributed by atoms with Gasteiger partial charge in [0.1, 0.15) is 11.3 Å². The van der Waals surface area contributed by atoms with Gasteiger partial charge in [-0.1, -0.05) is 44.7 Å². The second-order valence-electron chi connectivity index (χ2n) is 5.55. The fraction of sp³-hybridized carbons (Fsp3) is 0.412. The molecule has 0 atom stereocenters. The first-order valence-electron chi connectivity index (χ1n) is 7.90. The van der Waals surface area contributed by atoms with E-state index in [1.54, 1.807) is 24.3 Å². The Morgan fingerprint density at radius 2 is 1.87 bits per heavy atom. The first-order chi connectivity index (χ1) is 11.1. The number of aromatic hydroxyl groups is 1. The summed E-state index contributed by atoms with van der Waals surface area (Å²) in [5, 5.41) is 19.4. The Hall–Kier alpha value is -2.34. The van der Waals surface area contributed by atoms with E-state index in [9.17, 15) is 14.7 Å². The topological polar surface area (TPSA) is 91.6 Å². The van der Waals surface area contributed by atoms with Crippen LogP contribution in [-0.2, 0) is 6.54 Å². The van der Waals surface area contributed by atoms with Gasteiger partial charge in [-0.15, -0.1) is 0 Å². The molecule has 0 aliphatic carbocycles. The van der Waals surface area contributed by atoms with Crippen molar-refractivity contribution in [2.45, 2.75) is 45.6 Å². The van der Waals surface area contributed by atoms with Crippen molar-refractivity contribution in [3.63, 3.8) is 0 Å². The van der Waals surface area contributed by atoms with Crippen LogP contribution in [0.3, 0.4) is 0 Å². The molecule has 0 unspecified atom stereocenters. The number of nitrogens with zero attached hydrogens (tertiary/aromatic N) is 1. The molecular formula is C17H22N2O4. The Labute approximate surface area is 134 Å². The lowest BCUT2D eigenvalue weighted by Gasteiger charge is -2.14. The van der Waals surface area contributed by atoms with Gasteiger partial charge in [-0.05, 0) is 18.6 Å². The van der Waals surface area contributed by atoms with Gasteiger partial charge in [0.05, 0.1) is 5.52 Å². The van der Waals surface area contributed by atoms with Gasteiger partial charge in [0, 0.05) is 11.9 Å². The molecule has 0 spiro atoms. The number of nitrogens with one attached hydrogen (secondary N) is 1. The van der Waals surface area contributed by atoms with Crippen LogP contribution >= 0.6 is 0 Å². The maximum absolute atomic E-state index is 12.6. The van der Waals surface area contributed by atoms with Crippen molar-refractivity contribution < 1.29 is 15.1 Å². The highest BCUT2D eigenvalue weighted by Crippen LogP contribution is 2.26. The maximum Gasteiger partial charge on any atom is 0.284 e. The second-order valence-corrected chi connectivity index (χ2v) is 5.55. The lowest BCUT2D eigenvalue weighted by Crippen LogP contribution is -2.32. The highest BCUT2D eigenvalue weighted by atomic mass is 16.5. The number of para-hydroxylation sites is 1. The third-order valence-corrected chi connectivity index (χ3v) is 3.96. The van der Waals surface area contributed by atoms with Crippen LogP contribution in [0.2, 0.25) is 0 Å². The standard InChI is InChI=1S/C17H22N2O4/c1-2-3-4-5-8-11-19-13-10-7-6-9-12(13)15(20)14(17(19)22)16(21)18-23/h6-7,9-10,20,23H,2-5,8,11H2,1H3,(H,18,21). The zero-order valence-corrected chi connectivity index (χ0v) is 13.2. The third-order valence-electron chi connectivity index (χ3n) is 3.96. The van der Waals surface area contributed by atoms with Gasteiger partial charge in [0.15, 0.2) is 0 Å². The SMILES string of the molecule is CCCCCCCn1c(=O)c(C(=O)NO)c(O)c2ccccc21. The molecule has 1 aromatic heterocycles. The normalized spacial score (nSPS) is 10.9. The number of aromatic nitrogens is 1. The highest BCUT2D eigenvalue weighted by molar-refractivity contribution is 6.01. The summed E-state index contributed by atoms with van der Waals surface area (Å²) in [4.78, 5) is 24.3. The van der Waals surface area contributed by atoms with Crippen LogP contribution in [-0.4, -0.2) is 20.8 Å². The fourth-order valence-electron chi connectivity index (χ4n) is 2.75. The maximum atomic E-state index is 12.6. The van der Waals surface area contributed by atoms with Crippen LogP contribution in [0.25, 0.3) is 10.9 Å². The number of hydrogen-bond acceptors (Lipinski definition) is 4. The summed E-state index contributed by atoms with van der Waals surface area (Å²) in [5.41, 5.74) is 0.985. The van der Waals surface area contributed by atoms with E-state index in [0.29, 0.717) is 17.4 Å². The second kappa shape index (κ2) is 7.78. The summed E-state index contributed by atoms with van der Waals surface area (Å²) in [6, 6.07) is 6.88. The Balaban J connectivity index is 2.45. The summed E-state index contributed by atoms with van der Waals surface area (Å²) in [6.07, 6.45) is 5.21. The zero-order valence-electron chi connectivity index (χ0n) is 13.2. The zero-order chi connectivity index (χ0) is 16.8. The van der Waals surface area contributed by atoms with Crippen molar-refractivity contribution >= 4 is 16.8 Å². The smallest absolute Gasteiger partial charge is 0.284 e. The van der Waals surface area contributed by atoms with Crippen molar-refractivity contribution in [1.29, 1.82) is 0 Å². The molecule has 0 fully saturated rings. The molecule has 0 saturated heterocycles. The molecule has 1 heterocycles. The van der Waals surface area contributed by atoms with Gasteiger partial charge in [-0.2, -0.15) is 0 Å². The van der Waals surface area contributed by atoms with Gasteiger partial charge >= 0.3 is 0 Å². The third kappa shape index (κ3) is 3.53. The van der Waals surface area contributed by atoms with E-state index in [2.05, 4.69) is 6.92 Å². The quantitative estimate of drug-likeness (QED) is 0.416. The Morgan fingerprint density at radius 3 is 2.57 bits per heavy atom. The summed E-state index contributed by atoms with van der Waals surface area (Å²) in [6.45, 7) is 2.60. The summed E-state index contributed by atoms with van der Waals surface area (Å²) >= 11 is 0. The minimum absolute atomic E-state index is 0.403. The molecule has 3 N–H and O–H groups in total. The van der Waals surface area contributed by atoms with E-state index in [0.717, 1.165) is 32.1 Å². The number of carbonyl (C=O) groups excluding carboxylic acids is 1. The summed E-state index contributed by atoms with van der Waals surface area (Å²) in [7, 11) is 0. The van der Waals surface area contributed by atoms with Crippen molar-refractivity contribution in [3.8, 4) is 5.75 Å². The molecule has 0 aliphatic rings. The molecule has 2 rings (SSSR count). The van der Waals surface area contributed by atoms with Crippen molar-refractivity contribution in [3.05, 3.63) is 40.2 Å². The molecule has 0 aliphatic heterocycles. The molecule has 0 bridgehead atoms. The monoisotopic (exact) mass is 318 g/mol. The number of aryl methyl sites for hydroxylation is 1. The molecule has 1 amide bonds. The number of amides is 1. The number of pyridine rings is 1. The minimum atomic E-state index is -1.00. The number of hydrogen-bond donors (Lipinski definition) is 3. The van der Waals surface area contributed by atoms with Gasteiger partial charge in [-0.3, -0.25) is 14.8 Å². The number of hydroxylamine groups is 1. The van der Waals surface area contributed by atoms with Gasteiger partial charge < -0.3 is 9.67 Å². The van der Waals surface area contributed by atoms with Crippen LogP contribution in [0.5, 0.6) is 5.75 Å². The molecule has 6 nitrogen and oxygen atoms in total. The van der Waals surface area contributed by atoms with E-state index in [1.165, 1.54) is 10.0 Å². The van der Waals surface area contributed by atoms with Crippen LogP contribution in [0.1, 0.15) is 49.4 Å². The lowest BCUT2D eigenvalue weighted by molar-refractivity contribution is 0.0701. The average molecular weight is 318 g/mol. The lowest BCUT2D eigenvalue weighted by atomic mass is 10.1. The van der Waals surface area contributed by atoms with E-state index in [1.807, 2.05) is 0 Å². The number of rotatable bonds is 7.